The van der Waals surface area contributed by atoms with E-state index in [1.54, 1.807) is 6.92 Å². The molecule has 3 aromatic rings. The highest BCUT2D eigenvalue weighted by molar-refractivity contribution is 7.80. The number of nitrogens with one attached hydrogen (secondary N) is 1. The molecule has 0 aliphatic heterocycles. The van der Waals surface area contributed by atoms with Crippen molar-refractivity contribution in [3.05, 3.63) is 78.6 Å². The predicted molar refractivity (Wildman–Crippen MR) is 111 cm³/mol. The van der Waals surface area contributed by atoms with Crippen molar-refractivity contribution in [1.82, 2.24) is 9.78 Å². The van der Waals surface area contributed by atoms with Crippen molar-refractivity contribution in [2.75, 3.05) is 0 Å². The van der Waals surface area contributed by atoms with E-state index >= 15 is 0 Å². The van der Waals surface area contributed by atoms with Crippen LogP contribution in [0, 0.1) is 27.2 Å². The van der Waals surface area contributed by atoms with Gasteiger partial charge < -0.3 is 5.73 Å². The fourth-order valence-electron chi connectivity index (χ4n) is 2.59. The van der Waals surface area contributed by atoms with Crippen molar-refractivity contribution in [1.29, 1.82) is 0 Å². The van der Waals surface area contributed by atoms with Crippen LogP contribution in [0.15, 0.2) is 57.5 Å². The van der Waals surface area contributed by atoms with Gasteiger partial charge in [0.05, 0.1) is 21.2 Å². The normalized spacial score (nSPS) is 11.0. The fourth-order valence-corrected chi connectivity index (χ4v) is 2.72. The molecule has 152 valence electrons. The average molecular weight is 427 g/mol. The first-order valence-electron chi connectivity index (χ1n) is 8.25. The van der Waals surface area contributed by atoms with E-state index in [1.807, 2.05) is 0 Å². The van der Waals surface area contributed by atoms with Gasteiger partial charge in [0.25, 0.3) is 11.4 Å². The lowest BCUT2D eigenvalue weighted by Gasteiger charge is -2.00. The van der Waals surface area contributed by atoms with Crippen molar-refractivity contribution >= 4 is 40.1 Å². The van der Waals surface area contributed by atoms with E-state index < -0.39 is 15.4 Å². The van der Waals surface area contributed by atoms with Crippen molar-refractivity contribution in [2.45, 2.75) is 6.92 Å². The van der Waals surface area contributed by atoms with E-state index in [0.717, 1.165) is 4.68 Å². The molecule has 0 aliphatic rings. The molecule has 3 N–H and O–H groups in total. The summed E-state index contributed by atoms with van der Waals surface area (Å²) >= 11 is 4.84. The lowest BCUT2D eigenvalue weighted by molar-refractivity contribution is -0.385. The van der Waals surface area contributed by atoms with Gasteiger partial charge in [-0.3, -0.25) is 30.1 Å². The lowest BCUT2D eigenvalue weighted by Crippen LogP contribution is -2.29. The number of hydrogen-bond donors (Lipinski definition) is 2. The second kappa shape index (κ2) is 8.00. The highest BCUT2D eigenvalue weighted by Gasteiger charge is 2.18. The number of benzene rings is 2. The summed E-state index contributed by atoms with van der Waals surface area (Å²) in [6, 6.07) is 9.60. The van der Waals surface area contributed by atoms with E-state index in [0.29, 0.717) is 11.1 Å². The number of aromatic amines is 1. The molecule has 13 heteroatoms. The summed E-state index contributed by atoms with van der Waals surface area (Å²) in [5, 5.41) is 32.2. The number of nitrogens with two attached hydrogens (primary N) is 1. The molecular weight excluding hydrogens is 414 g/mol. The minimum Gasteiger partial charge on any atom is -0.374 e. The summed E-state index contributed by atoms with van der Waals surface area (Å²) < 4.78 is 0.873. The van der Waals surface area contributed by atoms with Gasteiger partial charge in [0.2, 0.25) is 0 Å². The van der Waals surface area contributed by atoms with Crippen LogP contribution in [0.2, 0.25) is 0 Å². The first-order valence-corrected chi connectivity index (χ1v) is 8.66. The molecule has 0 spiro atoms. The number of thiocarbonyl (C=S) groups is 1. The maximum Gasteiger partial charge on any atom is 0.301 e. The lowest BCUT2D eigenvalue weighted by atomic mass is 10.1. The largest absolute Gasteiger partial charge is 0.374 e. The maximum absolute atomic E-state index is 12.6. The van der Waals surface area contributed by atoms with Crippen LogP contribution in [0.4, 0.5) is 22.7 Å². The van der Waals surface area contributed by atoms with Gasteiger partial charge in [0, 0.05) is 29.3 Å². The summed E-state index contributed by atoms with van der Waals surface area (Å²) in [5.74, 6) is 0. The first kappa shape index (κ1) is 20.5. The van der Waals surface area contributed by atoms with E-state index in [-0.39, 0.29) is 33.6 Å². The van der Waals surface area contributed by atoms with Crippen LogP contribution in [-0.2, 0) is 0 Å². The molecule has 0 atom stereocenters. The Morgan fingerprint density at radius 2 is 1.77 bits per heavy atom. The van der Waals surface area contributed by atoms with Gasteiger partial charge in [0.15, 0.2) is 10.8 Å². The Morgan fingerprint density at radius 3 is 2.33 bits per heavy atom. The number of hydrogen-bond acceptors (Lipinski definition) is 8. The number of nitro benzene ring substituents is 2. The van der Waals surface area contributed by atoms with Crippen LogP contribution < -0.4 is 11.3 Å². The first-order chi connectivity index (χ1) is 14.2. The van der Waals surface area contributed by atoms with Gasteiger partial charge in [0.1, 0.15) is 0 Å². The van der Waals surface area contributed by atoms with Crippen LogP contribution in [-0.4, -0.2) is 24.7 Å². The van der Waals surface area contributed by atoms with E-state index in [9.17, 15) is 25.0 Å². The van der Waals surface area contributed by atoms with E-state index in [1.165, 1.54) is 42.5 Å². The molecule has 0 unspecified atom stereocenters. The molecule has 3 rings (SSSR count). The Hall–Kier alpha value is -4.26. The quantitative estimate of drug-likeness (QED) is 0.271. The number of aryl methyl sites for hydroxylation is 1. The third kappa shape index (κ3) is 3.95. The summed E-state index contributed by atoms with van der Waals surface area (Å²) in [6.45, 7) is 1.58. The van der Waals surface area contributed by atoms with Crippen LogP contribution in [0.3, 0.4) is 0 Å². The monoisotopic (exact) mass is 427 g/mol. The molecule has 0 fully saturated rings. The number of rotatable bonds is 5. The number of nitrogens with zero attached hydrogens (tertiary/aromatic N) is 5. The van der Waals surface area contributed by atoms with Crippen molar-refractivity contribution in [2.24, 2.45) is 16.0 Å². The smallest absolute Gasteiger partial charge is 0.301 e. The SMILES string of the molecule is Cc1ccc(N=Nc2c(-c3ccc([N+](=O)[O-])cc3)[nH]n(C(N)=S)c2=O)cc1[N+](=O)[O-]. The van der Waals surface area contributed by atoms with Gasteiger partial charge in [-0.25, -0.2) is 0 Å². The molecule has 0 saturated carbocycles. The van der Waals surface area contributed by atoms with Crippen molar-refractivity contribution < 1.29 is 9.85 Å². The number of non-ortho nitro benzene ring substituents is 1. The molecule has 30 heavy (non-hydrogen) atoms. The minimum atomic E-state index is -0.693. The predicted octanol–water partition coefficient (Wildman–Crippen LogP) is 3.48. The zero-order valence-electron chi connectivity index (χ0n) is 15.3. The number of aromatic nitrogens is 2. The third-order valence-electron chi connectivity index (χ3n) is 4.11. The standard InChI is InChI=1S/C17H13N7O5S/c1-9-2-5-11(8-13(9)24(28)29)19-20-15-14(21-22(16(15)25)17(18)30)10-3-6-12(7-4-10)23(26)27/h2-8,21H,1H3,(H2,18,30). The van der Waals surface area contributed by atoms with E-state index in [4.69, 9.17) is 18.0 Å². The molecule has 2 aromatic carbocycles. The summed E-state index contributed by atoms with van der Waals surface area (Å²) in [5.41, 5.74) is 5.58. The number of nitro groups is 2. The highest BCUT2D eigenvalue weighted by atomic mass is 32.1. The molecule has 0 amide bonds. The molecule has 12 nitrogen and oxygen atoms in total. The Labute approximate surface area is 172 Å². The second-order valence-electron chi connectivity index (χ2n) is 6.05. The maximum atomic E-state index is 12.6. The summed E-state index contributed by atoms with van der Waals surface area (Å²) in [4.78, 5) is 33.5. The van der Waals surface area contributed by atoms with Gasteiger partial charge in [-0.1, -0.05) is 6.07 Å². The highest BCUT2D eigenvalue weighted by Crippen LogP contribution is 2.30. The average Bonchev–Trinajstić information content (AvgIpc) is 3.03. The fraction of sp³-hybridized carbons (Fsp3) is 0.0588. The molecule has 0 saturated heterocycles. The van der Waals surface area contributed by atoms with E-state index in [2.05, 4.69) is 15.3 Å². The Morgan fingerprint density at radius 1 is 1.10 bits per heavy atom. The second-order valence-corrected chi connectivity index (χ2v) is 6.46. The van der Waals surface area contributed by atoms with Crippen molar-refractivity contribution in [3.63, 3.8) is 0 Å². The van der Waals surface area contributed by atoms with Crippen LogP contribution in [0.5, 0.6) is 0 Å². The van der Waals surface area contributed by atoms with Crippen LogP contribution >= 0.6 is 12.2 Å². The molecule has 0 radical (unpaired) electrons. The zero-order chi connectivity index (χ0) is 22.0. The van der Waals surface area contributed by atoms with Gasteiger partial charge in [-0.15, -0.1) is 5.11 Å². The Balaban J connectivity index is 2.10. The molecule has 0 bridgehead atoms. The number of azo groups is 1. The molecule has 1 aromatic heterocycles. The Bertz CT molecular complexity index is 1260. The van der Waals surface area contributed by atoms with Gasteiger partial charge in [-0.2, -0.15) is 9.80 Å². The van der Waals surface area contributed by atoms with Crippen LogP contribution in [0.25, 0.3) is 11.3 Å². The number of H-pyrrole nitrogens is 1. The van der Waals surface area contributed by atoms with Gasteiger partial charge >= 0.3 is 5.56 Å². The minimum absolute atomic E-state index is 0.134. The topological polar surface area (TPSA) is 175 Å². The molecule has 1 heterocycles. The summed E-state index contributed by atoms with van der Waals surface area (Å²) in [6.07, 6.45) is 0. The Kier molecular flexibility index (Phi) is 5.46. The van der Waals surface area contributed by atoms with Crippen LogP contribution in [0.1, 0.15) is 5.56 Å². The third-order valence-corrected chi connectivity index (χ3v) is 4.29. The van der Waals surface area contributed by atoms with Gasteiger partial charge in [-0.05, 0) is 37.3 Å². The zero-order valence-corrected chi connectivity index (χ0v) is 16.1. The molecular formula is C17H13N7O5S. The van der Waals surface area contributed by atoms with Crippen molar-refractivity contribution in [3.8, 4) is 11.3 Å². The molecule has 0 aliphatic carbocycles. The summed E-state index contributed by atoms with van der Waals surface area (Å²) in [7, 11) is 0.